The molecule has 0 unspecified atom stereocenters. The van der Waals surface area contributed by atoms with Gasteiger partial charge in [-0.15, -0.1) is 0 Å². The Morgan fingerprint density at radius 2 is 1.88 bits per heavy atom. The first-order chi connectivity index (χ1) is 11.3. The molecule has 132 valence electrons. The third-order valence-corrected chi connectivity index (χ3v) is 5.25. The Balaban J connectivity index is 1.59. The predicted molar refractivity (Wildman–Crippen MR) is 95.3 cm³/mol. The zero-order chi connectivity index (χ0) is 17.4. The van der Waals surface area contributed by atoms with Gasteiger partial charge in [0.2, 0.25) is 5.95 Å². The monoisotopic (exact) mass is 333 g/mol. The Kier molecular flexibility index (Phi) is 4.83. The number of nitrogens with two attached hydrogens (primary N) is 1. The van der Waals surface area contributed by atoms with Gasteiger partial charge in [-0.25, -0.2) is 9.97 Å². The maximum absolute atomic E-state index is 6.02. The van der Waals surface area contributed by atoms with Crippen LogP contribution in [0.1, 0.15) is 34.1 Å². The number of nitrogens with one attached hydrogen (secondary N) is 1. The topological polar surface area (TPSA) is 85.5 Å². The van der Waals surface area contributed by atoms with Crippen LogP contribution in [0.3, 0.4) is 0 Å². The van der Waals surface area contributed by atoms with Crippen LogP contribution in [0.2, 0.25) is 0 Å². The van der Waals surface area contributed by atoms with E-state index in [9.17, 15) is 0 Å². The number of aromatic nitrogens is 2. The number of hydrogen-bond donors (Lipinski definition) is 2. The van der Waals surface area contributed by atoms with Crippen LogP contribution in [0.25, 0.3) is 0 Å². The molecule has 0 saturated carbocycles. The van der Waals surface area contributed by atoms with Crippen molar-refractivity contribution in [2.45, 2.75) is 51.4 Å². The van der Waals surface area contributed by atoms with Gasteiger partial charge >= 0.3 is 7.12 Å². The molecule has 1 aromatic rings. The van der Waals surface area contributed by atoms with E-state index in [2.05, 4.69) is 20.2 Å². The maximum Gasteiger partial charge on any atom is 0.498 e. The number of nitrogens with zero attached hydrogens (tertiary/aromatic N) is 3. The Morgan fingerprint density at radius 3 is 2.46 bits per heavy atom. The summed E-state index contributed by atoms with van der Waals surface area (Å²) in [4.78, 5) is 11.2. The van der Waals surface area contributed by atoms with Crippen LogP contribution in [0.5, 0.6) is 0 Å². The molecular formula is C16H28BN5O2. The molecule has 2 aliphatic rings. The lowest BCUT2D eigenvalue weighted by atomic mass is 9.81. The number of anilines is 1. The molecule has 2 aliphatic heterocycles. The lowest BCUT2D eigenvalue weighted by Crippen LogP contribution is -2.41. The Labute approximate surface area is 144 Å². The van der Waals surface area contributed by atoms with Crippen LogP contribution < -0.4 is 16.5 Å². The highest BCUT2D eigenvalue weighted by molar-refractivity contribution is 6.61. The molecule has 3 N–H and O–H groups in total. The van der Waals surface area contributed by atoms with E-state index in [1.54, 1.807) is 12.4 Å². The van der Waals surface area contributed by atoms with Crippen LogP contribution in [0, 0.1) is 0 Å². The molecule has 0 radical (unpaired) electrons. The zero-order valence-electron chi connectivity index (χ0n) is 15.1. The SMILES string of the molecule is CC1(C)OB(c2cnc(N[C@H]3CCN(CCN)C3)nc2)OC1(C)C. The fourth-order valence-electron chi connectivity index (χ4n) is 3.03. The molecular weight excluding hydrogens is 305 g/mol. The van der Waals surface area contributed by atoms with Crippen LogP contribution in [0.15, 0.2) is 12.4 Å². The molecule has 24 heavy (non-hydrogen) atoms. The molecule has 2 saturated heterocycles. The molecule has 7 nitrogen and oxygen atoms in total. The Hall–Kier alpha value is -1.22. The van der Waals surface area contributed by atoms with Crippen molar-refractivity contribution in [2.24, 2.45) is 5.73 Å². The van der Waals surface area contributed by atoms with E-state index in [0.717, 1.165) is 31.5 Å². The summed E-state index contributed by atoms with van der Waals surface area (Å²) in [6.07, 6.45) is 4.65. The first-order valence-electron chi connectivity index (χ1n) is 8.67. The number of rotatable bonds is 5. The second-order valence-electron chi connectivity index (χ2n) is 7.65. The van der Waals surface area contributed by atoms with Gasteiger partial charge in [0.25, 0.3) is 0 Å². The Bertz CT molecular complexity index is 550. The van der Waals surface area contributed by atoms with Crippen molar-refractivity contribution in [3.05, 3.63) is 12.4 Å². The number of likely N-dealkylation sites (tertiary alicyclic amines) is 1. The van der Waals surface area contributed by atoms with Crippen molar-refractivity contribution in [3.8, 4) is 0 Å². The van der Waals surface area contributed by atoms with E-state index in [4.69, 9.17) is 15.0 Å². The van der Waals surface area contributed by atoms with Gasteiger partial charge in [-0.05, 0) is 34.1 Å². The van der Waals surface area contributed by atoms with Crippen molar-refractivity contribution in [1.82, 2.24) is 14.9 Å². The molecule has 0 spiro atoms. The van der Waals surface area contributed by atoms with E-state index < -0.39 is 7.12 Å². The molecule has 3 rings (SSSR count). The summed E-state index contributed by atoms with van der Waals surface area (Å²) < 4.78 is 12.0. The summed E-state index contributed by atoms with van der Waals surface area (Å²) in [6.45, 7) is 11.9. The molecule has 8 heteroatoms. The lowest BCUT2D eigenvalue weighted by molar-refractivity contribution is 0.00578. The molecule has 2 fully saturated rings. The van der Waals surface area contributed by atoms with Gasteiger partial charge in [0.1, 0.15) is 0 Å². The zero-order valence-corrected chi connectivity index (χ0v) is 15.1. The molecule has 1 atom stereocenters. The summed E-state index contributed by atoms with van der Waals surface area (Å²) in [7, 11) is -0.421. The fourth-order valence-corrected chi connectivity index (χ4v) is 3.03. The second-order valence-corrected chi connectivity index (χ2v) is 7.65. The minimum absolute atomic E-state index is 0.356. The minimum atomic E-state index is -0.421. The van der Waals surface area contributed by atoms with Gasteiger partial charge in [-0.1, -0.05) is 0 Å². The third kappa shape index (κ3) is 3.56. The standard InChI is InChI=1S/C16H28BN5O2/c1-15(2)16(3,4)24-17(23-15)12-9-19-14(20-10-12)21-13-5-7-22(11-13)8-6-18/h9-10,13H,5-8,11,18H2,1-4H3,(H,19,20,21)/t13-/m0/s1. The van der Waals surface area contributed by atoms with Gasteiger partial charge in [0.15, 0.2) is 0 Å². The molecule has 3 heterocycles. The highest BCUT2D eigenvalue weighted by atomic mass is 16.7. The molecule has 0 bridgehead atoms. The highest BCUT2D eigenvalue weighted by Gasteiger charge is 2.51. The fraction of sp³-hybridized carbons (Fsp3) is 0.750. The van der Waals surface area contributed by atoms with Crippen molar-refractivity contribution >= 4 is 18.5 Å². The summed E-state index contributed by atoms with van der Waals surface area (Å²) in [5, 5.41) is 3.39. The van der Waals surface area contributed by atoms with E-state index in [0.29, 0.717) is 18.5 Å². The van der Waals surface area contributed by atoms with Crippen molar-refractivity contribution in [3.63, 3.8) is 0 Å². The van der Waals surface area contributed by atoms with Crippen molar-refractivity contribution in [2.75, 3.05) is 31.5 Å². The van der Waals surface area contributed by atoms with E-state index in [-0.39, 0.29) is 11.2 Å². The van der Waals surface area contributed by atoms with E-state index in [1.807, 2.05) is 27.7 Å². The van der Waals surface area contributed by atoms with Gasteiger partial charge in [-0.2, -0.15) is 0 Å². The lowest BCUT2D eigenvalue weighted by Gasteiger charge is -2.32. The first-order valence-corrected chi connectivity index (χ1v) is 8.67. The molecule has 0 amide bonds. The normalized spacial score (nSPS) is 26.0. The van der Waals surface area contributed by atoms with E-state index in [1.165, 1.54) is 0 Å². The smallest absolute Gasteiger partial charge is 0.399 e. The van der Waals surface area contributed by atoms with Gasteiger partial charge in [0, 0.05) is 50.1 Å². The summed E-state index contributed by atoms with van der Waals surface area (Å²) >= 11 is 0. The van der Waals surface area contributed by atoms with Crippen LogP contribution in [-0.4, -0.2) is 65.4 Å². The average molecular weight is 333 g/mol. The van der Waals surface area contributed by atoms with E-state index >= 15 is 0 Å². The maximum atomic E-state index is 6.02. The summed E-state index contributed by atoms with van der Waals surface area (Å²) in [6, 6.07) is 0.374. The number of hydrogen-bond acceptors (Lipinski definition) is 7. The average Bonchev–Trinajstić information content (AvgIpc) is 3.02. The largest absolute Gasteiger partial charge is 0.498 e. The molecule has 0 aliphatic carbocycles. The molecule has 0 aromatic carbocycles. The third-order valence-electron chi connectivity index (χ3n) is 5.25. The Morgan fingerprint density at radius 1 is 1.25 bits per heavy atom. The quantitative estimate of drug-likeness (QED) is 0.746. The van der Waals surface area contributed by atoms with Crippen molar-refractivity contribution in [1.29, 1.82) is 0 Å². The predicted octanol–water partition coefficient (Wildman–Crippen LogP) is 0.221. The highest BCUT2D eigenvalue weighted by Crippen LogP contribution is 2.36. The van der Waals surface area contributed by atoms with Crippen LogP contribution in [0.4, 0.5) is 5.95 Å². The molecule has 1 aromatic heterocycles. The second kappa shape index (κ2) is 6.59. The minimum Gasteiger partial charge on any atom is -0.399 e. The summed E-state index contributed by atoms with van der Waals surface area (Å²) in [5.74, 6) is 0.648. The summed E-state index contributed by atoms with van der Waals surface area (Å²) in [5.41, 5.74) is 5.74. The van der Waals surface area contributed by atoms with Crippen LogP contribution in [-0.2, 0) is 9.31 Å². The first kappa shape index (κ1) is 17.6. The van der Waals surface area contributed by atoms with Crippen LogP contribution >= 0.6 is 0 Å². The van der Waals surface area contributed by atoms with Gasteiger partial charge in [-0.3, -0.25) is 4.90 Å². The van der Waals surface area contributed by atoms with Crippen molar-refractivity contribution < 1.29 is 9.31 Å². The van der Waals surface area contributed by atoms with Gasteiger partial charge < -0.3 is 20.4 Å². The van der Waals surface area contributed by atoms with Gasteiger partial charge in [0.05, 0.1) is 11.2 Å².